The van der Waals surface area contributed by atoms with Gasteiger partial charge in [0, 0.05) is 26.0 Å². The predicted molar refractivity (Wildman–Crippen MR) is 54.7 cm³/mol. The lowest BCUT2D eigenvalue weighted by Gasteiger charge is -2.17. The van der Waals surface area contributed by atoms with Gasteiger partial charge < -0.3 is 9.80 Å². The van der Waals surface area contributed by atoms with Crippen molar-refractivity contribution in [1.29, 1.82) is 0 Å². The van der Waals surface area contributed by atoms with Gasteiger partial charge in [-0.2, -0.15) is 8.78 Å². The van der Waals surface area contributed by atoms with Gasteiger partial charge in [0.15, 0.2) is 0 Å². The van der Waals surface area contributed by atoms with E-state index in [1.54, 1.807) is 0 Å². The van der Waals surface area contributed by atoms with Gasteiger partial charge in [-0.1, -0.05) is 13.3 Å². The smallest absolute Gasteiger partial charge is 0.263 e. The van der Waals surface area contributed by atoms with Crippen LogP contribution in [0.2, 0.25) is 0 Å². The molecular weight excluding hydrogens is 186 g/mol. The molecule has 1 rings (SSSR count). The Kier molecular flexibility index (Phi) is 6.80. The van der Waals surface area contributed by atoms with Gasteiger partial charge in [-0.25, -0.2) is 0 Å². The van der Waals surface area contributed by atoms with E-state index in [4.69, 9.17) is 0 Å². The van der Waals surface area contributed by atoms with Crippen LogP contribution in [-0.4, -0.2) is 30.1 Å². The monoisotopic (exact) mass is 204 g/mol. The topological polar surface area (TPSA) is 6.48 Å². The first-order valence-electron chi connectivity index (χ1n) is 4.68. The molecule has 0 bridgehead atoms. The third-order valence-electron chi connectivity index (χ3n) is 1.74. The van der Waals surface area contributed by atoms with Crippen LogP contribution in [0.5, 0.6) is 0 Å². The summed E-state index contributed by atoms with van der Waals surface area (Å²) in [6, 6.07) is 0. The molecule has 82 valence electrons. The summed E-state index contributed by atoms with van der Waals surface area (Å²) in [6.45, 7) is 6.72. The molecule has 1 heterocycles. The molecule has 0 fully saturated rings. The van der Waals surface area contributed by atoms with Gasteiger partial charge in [0.1, 0.15) is 0 Å². The molecule has 0 atom stereocenters. The first kappa shape index (κ1) is 12.9. The molecule has 0 saturated carbocycles. The zero-order valence-corrected chi connectivity index (χ0v) is 8.84. The Morgan fingerprint density at radius 3 is 2.36 bits per heavy atom. The van der Waals surface area contributed by atoms with Crippen molar-refractivity contribution in [2.24, 2.45) is 0 Å². The molecule has 0 saturated heterocycles. The van der Waals surface area contributed by atoms with Crippen LogP contribution >= 0.6 is 0 Å². The van der Waals surface area contributed by atoms with Crippen LogP contribution in [0.4, 0.5) is 8.78 Å². The quantitative estimate of drug-likeness (QED) is 0.697. The van der Waals surface area contributed by atoms with Gasteiger partial charge in [-0.3, -0.25) is 0 Å². The van der Waals surface area contributed by atoms with Crippen molar-refractivity contribution >= 4 is 0 Å². The fraction of sp³-hybridized carbons (Fsp3) is 0.600. The molecule has 0 aromatic rings. The van der Waals surface area contributed by atoms with Gasteiger partial charge in [-0.15, -0.1) is 0 Å². The Bertz CT molecular complexity index is 189. The molecule has 0 aromatic heterocycles. The Hall–Kier alpha value is -1.06. The number of hydrogen-bond donors (Lipinski definition) is 0. The molecule has 0 amide bonds. The summed E-state index contributed by atoms with van der Waals surface area (Å²) in [7, 11) is 2.10. The van der Waals surface area contributed by atoms with E-state index in [1.807, 2.05) is 0 Å². The Morgan fingerprint density at radius 1 is 1.43 bits per heavy atom. The van der Waals surface area contributed by atoms with Gasteiger partial charge >= 0.3 is 0 Å². The highest BCUT2D eigenvalue weighted by Crippen LogP contribution is 2.04. The normalized spacial score (nSPS) is 14.0. The zero-order valence-electron chi connectivity index (χ0n) is 8.84. The van der Waals surface area contributed by atoms with E-state index in [0.29, 0.717) is 0 Å². The van der Waals surface area contributed by atoms with E-state index in [-0.39, 0.29) is 0 Å². The van der Waals surface area contributed by atoms with Crippen molar-refractivity contribution < 1.29 is 8.78 Å². The number of rotatable bonds is 3. The van der Waals surface area contributed by atoms with Crippen LogP contribution in [0.15, 0.2) is 25.1 Å². The van der Waals surface area contributed by atoms with E-state index in [2.05, 4.69) is 42.8 Å². The van der Waals surface area contributed by atoms with E-state index in [0.717, 1.165) is 6.67 Å². The highest BCUT2D eigenvalue weighted by molar-refractivity contribution is 4.88. The fourth-order valence-electron chi connectivity index (χ4n) is 1.10. The Labute approximate surface area is 84.5 Å². The second-order valence-corrected chi connectivity index (χ2v) is 3.20. The molecule has 0 N–H and O–H groups in total. The van der Waals surface area contributed by atoms with Gasteiger partial charge in [0.2, 0.25) is 0 Å². The Morgan fingerprint density at radius 2 is 2.00 bits per heavy atom. The van der Waals surface area contributed by atoms with Crippen LogP contribution in [-0.2, 0) is 0 Å². The SMILES string of the molecule is C=C(F)F.CCCCN1C=CN(C)C1. The van der Waals surface area contributed by atoms with Gasteiger partial charge in [-0.05, 0) is 13.0 Å². The van der Waals surface area contributed by atoms with Crippen LogP contribution in [0.1, 0.15) is 19.8 Å². The highest BCUT2D eigenvalue weighted by Gasteiger charge is 2.05. The fourth-order valence-corrected chi connectivity index (χ4v) is 1.10. The lowest BCUT2D eigenvalue weighted by Crippen LogP contribution is -2.23. The standard InChI is InChI=1S/C8H16N2.C2H2F2/c1-3-4-5-10-7-6-9(2)8-10;1-2(3)4/h6-7H,3-5,8H2,1-2H3;1H2. The lowest BCUT2D eigenvalue weighted by molar-refractivity contribution is 0.293. The van der Waals surface area contributed by atoms with Crippen molar-refractivity contribution in [3.63, 3.8) is 0 Å². The highest BCUT2D eigenvalue weighted by atomic mass is 19.3. The molecule has 1 aliphatic heterocycles. The van der Waals surface area contributed by atoms with E-state index >= 15 is 0 Å². The van der Waals surface area contributed by atoms with E-state index in [9.17, 15) is 8.78 Å². The third kappa shape index (κ3) is 7.58. The van der Waals surface area contributed by atoms with Crippen LogP contribution in [0.3, 0.4) is 0 Å². The van der Waals surface area contributed by atoms with E-state index in [1.165, 1.54) is 19.4 Å². The molecular formula is C10H18F2N2. The summed E-state index contributed by atoms with van der Waals surface area (Å²) in [5, 5.41) is 0. The summed E-state index contributed by atoms with van der Waals surface area (Å²) in [6.07, 6.45) is 5.04. The van der Waals surface area contributed by atoms with Crippen molar-refractivity contribution in [1.82, 2.24) is 9.80 Å². The molecule has 4 heteroatoms. The average Bonchev–Trinajstić information content (AvgIpc) is 2.47. The molecule has 0 aromatic carbocycles. The molecule has 0 unspecified atom stereocenters. The summed E-state index contributed by atoms with van der Waals surface area (Å²) in [4.78, 5) is 4.53. The van der Waals surface area contributed by atoms with Crippen molar-refractivity contribution in [3.8, 4) is 0 Å². The largest absolute Gasteiger partial charge is 0.362 e. The molecule has 2 nitrogen and oxygen atoms in total. The molecule has 1 aliphatic rings. The lowest BCUT2D eigenvalue weighted by atomic mass is 10.3. The first-order chi connectivity index (χ1) is 6.56. The molecule has 0 aliphatic carbocycles. The summed E-state index contributed by atoms with van der Waals surface area (Å²) >= 11 is 0. The second-order valence-electron chi connectivity index (χ2n) is 3.20. The van der Waals surface area contributed by atoms with Crippen LogP contribution in [0.25, 0.3) is 0 Å². The predicted octanol–water partition coefficient (Wildman–Crippen LogP) is 2.86. The molecule has 0 radical (unpaired) electrons. The second kappa shape index (κ2) is 7.35. The van der Waals surface area contributed by atoms with Crippen LogP contribution < -0.4 is 0 Å². The maximum atomic E-state index is 10.1. The van der Waals surface area contributed by atoms with Crippen molar-refractivity contribution in [3.05, 3.63) is 25.1 Å². The van der Waals surface area contributed by atoms with Crippen molar-refractivity contribution in [2.45, 2.75) is 19.8 Å². The minimum atomic E-state index is -1.83. The minimum Gasteiger partial charge on any atom is -0.362 e. The summed E-state index contributed by atoms with van der Waals surface area (Å²) in [5.74, 6) is 0. The number of nitrogens with zero attached hydrogens (tertiary/aromatic N) is 2. The molecule has 0 spiro atoms. The Balaban J connectivity index is 0.000000364. The van der Waals surface area contributed by atoms with Gasteiger partial charge in [0.05, 0.1) is 6.67 Å². The zero-order chi connectivity index (χ0) is 11.0. The van der Waals surface area contributed by atoms with Crippen molar-refractivity contribution in [2.75, 3.05) is 20.3 Å². The first-order valence-corrected chi connectivity index (χ1v) is 4.68. The maximum absolute atomic E-state index is 10.1. The summed E-state index contributed by atoms with van der Waals surface area (Å²) in [5.41, 5.74) is 0. The number of hydrogen-bond acceptors (Lipinski definition) is 2. The van der Waals surface area contributed by atoms with E-state index < -0.39 is 6.08 Å². The van der Waals surface area contributed by atoms with Gasteiger partial charge in [0.25, 0.3) is 6.08 Å². The summed E-state index contributed by atoms with van der Waals surface area (Å²) < 4.78 is 20.3. The average molecular weight is 204 g/mol. The number of halogens is 2. The third-order valence-corrected chi connectivity index (χ3v) is 1.74. The van der Waals surface area contributed by atoms with Crippen LogP contribution in [0, 0.1) is 0 Å². The minimum absolute atomic E-state index is 1.07. The number of unbranched alkanes of at least 4 members (excludes halogenated alkanes) is 1. The maximum Gasteiger partial charge on any atom is 0.263 e. The molecule has 14 heavy (non-hydrogen) atoms.